The molecule has 3 N–H and O–H groups in total. The van der Waals surface area contributed by atoms with E-state index in [4.69, 9.17) is 5.73 Å². The molecular weight excluding hydrogens is 358 g/mol. The third kappa shape index (κ3) is 5.42. The Labute approximate surface area is 163 Å². The SMILES string of the molecule is NC(=O)CCn1ccc(NC(=O)C2CCCN(C(=O)Cc3ccccc3)C2)n1. The topological polar surface area (TPSA) is 110 Å². The Kier molecular flexibility index (Phi) is 6.41. The summed E-state index contributed by atoms with van der Waals surface area (Å²) in [4.78, 5) is 37.8. The van der Waals surface area contributed by atoms with E-state index in [9.17, 15) is 14.4 Å². The van der Waals surface area contributed by atoms with Crippen LogP contribution in [0.25, 0.3) is 0 Å². The maximum atomic E-state index is 12.6. The predicted octanol–water partition coefficient (Wildman–Crippen LogP) is 1.18. The summed E-state index contributed by atoms with van der Waals surface area (Å²) < 4.78 is 1.57. The highest BCUT2D eigenvalue weighted by atomic mass is 16.2. The van der Waals surface area contributed by atoms with Gasteiger partial charge in [-0.25, -0.2) is 0 Å². The smallest absolute Gasteiger partial charge is 0.230 e. The van der Waals surface area contributed by atoms with Gasteiger partial charge in [0.1, 0.15) is 0 Å². The molecule has 1 fully saturated rings. The number of amides is 3. The second-order valence-corrected chi connectivity index (χ2v) is 7.01. The van der Waals surface area contributed by atoms with Gasteiger partial charge in [-0.05, 0) is 18.4 Å². The lowest BCUT2D eigenvalue weighted by Crippen LogP contribution is -2.44. The van der Waals surface area contributed by atoms with Crippen molar-refractivity contribution in [1.82, 2.24) is 14.7 Å². The molecule has 0 radical (unpaired) electrons. The number of rotatable bonds is 7. The highest BCUT2D eigenvalue weighted by Crippen LogP contribution is 2.19. The minimum atomic E-state index is -0.399. The average molecular weight is 383 g/mol. The highest BCUT2D eigenvalue weighted by molar-refractivity contribution is 5.92. The van der Waals surface area contributed by atoms with Crippen LogP contribution in [0.5, 0.6) is 0 Å². The number of aryl methyl sites for hydroxylation is 1. The summed E-state index contributed by atoms with van der Waals surface area (Å²) in [6.07, 6.45) is 3.76. The number of primary amides is 1. The molecule has 3 amide bonds. The summed E-state index contributed by atoms with van der Waals surface area (Å²) in [5.41, 5.74) is 6.10. The van der Waals surface area contributed by atoms with Crippen LogP contribution in [0.1, 0.15) is 24.8 Å². The number of carbonyl (C=O) groups excluding carboxylic acids is 3. The Morgan fingerprint density at radius 1 is 1.18 bits per heavy atom. The summed E-state index contributed by atoms with van der Waals surface area (Å²) in [6, 6.07) is 11.3. The largest absolute Gasteiger partial charge is 0.370 e. The maximum Gasteiger partial charge on any atom is 0.230 e. The Balaban J connectivity index is 1.52. The Bertz CT molecular complexity index is 833. The van der Waals surface area contributed by atoms with E-state index in [1.165, 1.54) is 0 Å². The van der Waals surface area contributed by atoms with Crippen molar-refractivity contribution in [2.45, 2.75) is 32.2 Å². The van der Waals surface area contributed by atoms with Gasteiger partial charge >= 0.3 is 0 Å². The molecule has 1 aliphatic rings. The summed E-state index contributed by atoms with van der Waals surface area (Å²) in [5.74, 6) is -0.327. The van der Waals surface area contributed by atoms with Gasteiger partial charge in [0.05, 0.1) is 12.3 Å². The number of nitrogens with zero attached hydrogens (tertiary/aromatic N) is 3. The number of hydrogen-bond acceptors (Lipinski definition) is 4. The van der Waals surface area contributed by atoms with Crippen LogP contribution in [0.3, 0.4) is 0 Å². The van der Waals surface area contributed by atoms with Crippen molar-refractivity contribution in [2.24, 2.45) is 11.7 Å². The molecule has 1 aromatic carbocycles. The van der Waals surface area contributed by atoms with Crippen LogP contribution in [0.4, 0.5) is 5.82 Å². The minimum absolute atomic E-state index is 0.0411. The summed E-state index contributed by atoms with van der Waals surface area (Å²) in [6.45, 7) is 1.47. The van der Waals surface area contributed by atoms with Gasteiger partial charge in [-0.3, -0.25) is 19.1 Å². The predicted molar refractivity (Wildman–Crippen MR) is 104 cm³/mol. The zero-order valence-corrected chi connectivity index (χ0v) is 15.7. The monoisotopic (exact) mass is 383 g/mol. The van der Waals surface area contributed by atoms with E-state index in [2.05, 4.69) is 10.4 Å². The number of piperidine rings is 1. The van der Waals surface area contributed by atoms with Crippen LogP contribution in [0.2, 0.25) is 0 Å². The molecule has 8 heteroatoms. The summed E-state index contributed by atoms with van der Waals surface area (Å²) in [7, 11) is 0. The van der Waals surface area contributed by atoms with E-state index in [1.807, 2.05) is 30.3 Å². The molecule has 28 heavy (non-hydrogen) atoms. The maximum absolute atomic E-state index is 12.6. The van der Waals surface area contributed by atoms with Crippen LogP contribution in [-0.2, 0) is 27.3 Å². The number of hydrogen-bond donors (Lipinski definition) is 2. The number of nitrogens with one attached hydrogen (secondary N) is 1. The molecule has 1 atom stereocenters. The molecule has 0 aliphatic carbocycles. The second-order valence-electron chi connectivity index (χ2n) is 7.01. The van der Waals surface area contributed by atoms with Gasteiger partial charge in [0.2, 0.25) is 17.7 Å². The van der Waals surface area contributed by atoms with Crippen molar-refractivity contribution in [3.05, 3.63) is 48.2 Å². The van der Waals surface area contributed by atoms with Crippen LogP contribution >= 0.6 is 0 Å². The van der Waals surface area contributed by atoms with E-state index in [1.54, 1.807) is 21.8 Å². The van der Waals surface area contributed by atoms with Crippen molar-refractivity contribution >= 4 is 23.5 Å². The molecule has 1 saturated heterocycles. The van der Waals surface area contributed by atoms with E-state index in [-0.39, 0.29) is 24.2 Å². The molecule has 1 unspecified atom stereocenters. The van der Waals surface area contributed by atoms with Crippen molar-refractivity contribution < 1.29 is 14.4 Å². The molecule has 0 bridgehead atoms. The van der Waals surface area contributed by atoms with Crippen LogP contribution in [-0.4, -0.2) is 45.5 Å². The lowest BCUT2D eigenvalue weighted by molar-refractivity contribution is -0.134. The first-order valence-electron chi connectivity index (χ1n) is 9.45. The van der Waals surface area contributed by atoms with Crippen LogP contribution < -0.4 is 11.1 Å². The van der Waals surface area contributed by atoms with E-state index in [0.717, 1.165) is 18.4 Å². The molecule has 2 aromatic rings. The molecule has 1 aliphatic heterocycles. The van der Waals surface area contributed by atoms with E-state index < -0.39 is 5.91 Å². The average Bonchev–Trinajstić information content (AvgIpc) is 3.14. The van der Waals surface area contributed by atoms with Crippen LogP contribution in [0.15, 0.2) is 42.6 Å². The molecule has 2 heterocycles. The molecule has 0 saturated carbocycles. The number of carbonyl (C=O) groups is 3. The van der Waals surface area contributed by atoms with Gasteiger partial charge in [0, 0.05) is 38.3 Å². The zero-order valence-electron chi connectivity index (χ0n) is 15.7. The van der Waals surface area contributed by atoms with Crippen molar-refractivity contribution in [2.75, 3.05) is 18.4 Å². The van der Waals surface area contributed by atoms with Gasteiger partial charge in [-0.2, -0.15) is 5.10 Å². The van der Waals surface area contributed by atoms with Crippen molar-refractivity contribution in [3.63, 3.8) is 0 Å². The minimum Gasteiger partial charge on any atom is -0.370 e. The molecule has 8 nitrogen and oxygen atoms in total. The Morgan fingerprint density at radius 3 is 2.71 bits per heavy atom. The number of benzene rings is 1. The van der Waals surface area contributed by atoms with Gasteiger partial charge in [-0.15, -0.1) is 0 Å². The second kappa shape index (κ2) is 9.16. The summed E-state index contributed by atoms with van der Waals surface area (Å²) in [5, 5.41) is 7.03. The first-order chi connectivity index (χ1) is 13.5. The van der Waals surface area contributed by atoms with Gasteiger partial charge in [0.15, 0.2) is 5.82 Å². The standard InChI is InChI=1S/C20H25N5O3/c21-17(26)8-11-25-12-9-18(23-25)22-20(28)16-7-4-10-24(14-16)19(27)13-15-5-2-1-3-6-15/h1-3,5-6,9,12,16H,4,7-8,10-11,13-14H2,(H2,21,26)(H,22,23,28). The molecular formula is C20H25N5O3. The Hall–Kier alpha value is -3.16. The molecule has 148 valence electrons. The van der Waals surface area contributed by atoms with Crippen LogP contribution in [0, 0.1) is 5.92 Å². The Morgan fingerprint density at radius 2 is 1.96 bits per heavy atom. The lowest BCUT2D eigenvalue weighted by atomic mass is 9.96. The lowest BCUT2D eigenvalue weighted by Gasteiger charge is -2.32. The molecule has 1 aromatic heterocycles. The molecule has 3 rings (SSSR count). The van der Waals surface area contributed by atoms with Gasteiger partial charge in [0.25, 0.3) is 0 Å². The zero-order chi connectivity index (χ0) is 19.9. The number of anilines is 1. The number of aromatic nitrogens is 2. The van der Waals surface area contributed by atoms with Gasteiger partial charge in [-0.1, -0.05) is 30.3 Å². The van der Waals surface area contributed by atoms with Crippen molar-refractivity contribution in [1.29, 1.82) is 0 Å². The third-order valence-electron chi connectivity index (χ3n) is 4.82. The fourth-order valence-electron chi connectivity index (χ4n) is 3.31. The third-order valence-corrected chi connectivity index (χ3v) is 4.82. The molecule has 0 spiro atoms. The quantitative estimate of drug-likeness (QED) is 0.748. The van der Waals surface area contributed by atoms with Crippen molar-refractivity contribution in [3.8, 4) is 0 Å². The van der Waals surface area contributed by atoms with Gasteiger partial charge < -0.3 is 16.0 Å². The van der Waals surface area contributed by atoms with E-state index >= 15 is 0 Å². The first-order valence-corrected chi connectivity index (χ1v) is 9.45. The highest BCUT2D eigenvalue weighted by Gasteiger charge is 2.28. The fourth-order valence-corrected chi connectivity index (χ4v) is 3.31. The van der Waals surface area contributed by atoms with E-state index in [0.29, 0.717) is 31.9 Å². The number of likely N-dealkylation sites (tertiary alicyclic amines) is 1. The normalized spacial score (nSPS) is 16.6. The summed E-state index contributed by atoms with van der Waals surface area (Å²) >= 11 is 0. The number of nitrogens with two attached hydrogens (primary N) is 1. The fraction of sp³-hybridized carbons (Fsp3) is 0.400. The first kappa shape index (κ1) is 19.6.